The summed E-state index contributed by atoms with van der Waals surface area (Å²) in [6.07, 6.45) is 8.11. The first-order valence-electron chi connectivity index (χ1n) is 5.02. The van der Waals surface area contributed by atoms with Gasteiger partial charge in [0.2, 0.25) is 11.8 Å². The van der Waals surface area contributed by atoms with Crippen molar-refractivity contribution in [1.29, 1.82) is 0 Å². The molecule has 1 saturated heterocycles. The van der Waals surface area contributed by atoms with E-state index in [9.17, 15) is 9.59 Å². The fourth-order valence-electron chi connectivity index (χ4n) is 2.38. The maximum absolute atomic E-state index is 11.7. The van der Waals surface area contributed by atoms with E-state index in [1.54, 1.807) is 0 Å². The van der Waals surface area contributed by atoms with Crippen molar-refractivity contribution in [3.8, 4) is 12.3 Å². The van der Waals surface area contributed by atoms with Crippen LogP contribution in [0.1, 0.15) is 25.7 Å². The molecule has 1 aliphatic carbocycles. The number of nitrogens with zero attached hydrogens (tertiary/aromatic N) is 1. The van der Waals surface area contributed by atoms with Gasteiger partial charge >= 0.3 is 0 Å². The average molecular weight is 191 g/mol. The molecule has 2 atom stereocenters. The van der Waals surface area contributed by atoms with Crippen molar-refractivity contribution in [3.05, 3.63) is 0 Å². The van der Waals surface area contributed by atoms with Crippen LogP contribution in [0, 0.1) is 24.2 Å². The first-order chi connectivity index (χ1) is 6.74. The van der Waals surface area contributed by atoms with Crippen LogP contribution in [0.2, 0.25) is 0 Å². The molecule has 0 aromatic carbocycles. The number of likely N-dealkylation sites (tertiary alicyclic amines) is 1. The molecule has 1 aliphatic heterocycles. The summed E-state index contributed by atoms with van der Waals surface area (Å²) in [5, 5.41) is 0. The first kappa shape index (κ1) is 9.26. The number of piperidine rings is 1. The van der Waals surface area contributed by atoms with Crippen molar-refractivity contribution in [2.24, 2.45) is 11.8 Å². The number of fused-ring (bicyclic) bond motifs is 2. The van der Waals surface area contributed by atoms with Crippen molar-refractivity contribution in [2.75, 3.05) is 6.54 Å². The fourth-order valence-corrected chi connectivity index (χ4v) is 2.38. The van der Waals surface area contributed by atoms with Gasteiger partial charge in [-0.3, -0.25) is 14.5 Å². The third-order valence-corrected chi connectivity index (χ3v) is 3.14. The van der Waals surface area contributed by atoms with Crippen LogP contribution in [-0.4, -0.2) is 23.3 Å². The Labute approximate surface area is 83.5 Å². The van der Waals surface area contributed by atoms with Crippen LogP contribution in [0.4, 0.5) is 0 Å². The standard InChI is InChI=1S/C11H13NO2/c1-2-3-6-12-10(13)8-4-5-9(7-8)11(12)14/h1,8-9H,3-7H2. The van der Waals surface area contributed by atoms with Crippen molar-refractivity contribution in [3.63, 3.8) is 0 Å². The maximum atomic E-state index is 11.7. The zero-order valence-electron chi connectivity index (χ0n) is 8.03. The molecule has 2 fully saturated rings. The zero-order valence-corrected chi connectivity index (χ0v) is 8.03. The van der Waals surface area contributed by atoms with E-state index in [-0.39, 0.29) is 23.7 Å². The molecule has 2 unspecified atom stereocenters. The number of rotatable bonds is 2. The lowest BCUT2D eigenvalue weighted by Gasteiger charge is -2.29. The van der Waals surface area contributed by atoms with Gasteiger partial charge in [-0.1, -0.05) is 0 Å². The van der Waals surface area contributed by atoms with Crippen molar-refractivity contribution < 1.29 is 9.59 Å². The molecule has 1 saturated carbocycles. The fraction of sp³-hybridized carbons (Fsp3) is 0.636. The van der Waals surface area contributed by atoms with Gasteiger partial charge in [0.1, 0.15) is 0 Å². The predicted molar refractivity (Wildman–Crippen MR) is 51.0 cm³/mol. The number of imide groups is 1. The lowest BCUT2D eigenvalue weighted by Crippen LogP contribution is -2.46. The molecule has 0 spiro atoms. The van der Waals surface area contributed by atoms with E-state index in [1.165, 1.54) is 4.90 Å². The first-order valence-corrected chi connectivity index (χ1v) is 5.02. The summed E-state index contributed by atoms with van der Waals surface area (Å²) in [6.45, 7) is 0.404. The molecule has 0 N–H and O–H groups in total. The minimum Gasteiger partial charge on any atom is -0.281 e. The smallest absolute Gasteiger partial charge is 0.232 e. The van der Waals surface area contributed by atoms with Gasteiger partial charge in [0.15, 0.2) is 0 Å². The number of carbonyl (C=O) groups is 2. The summed E-state index contributed by atoms with van der Waals surface area (Å²) >= 11 is 0. The average Bonchev–Trinajstić information content (AvgIpc) is 2.62. The molecule has 2 bridgehead atoms. The van der Waals surface area contributed by atoms with Crippen molar-refractivity contribution in [1.82, 2.24) is 4.90 Å². The van der Waals surface area contributed by atoms with E-state index < -0.39 is 0 Å². The predicted octanol–water partition coefficient (Wildman–Crippen LogP) is 0.795. The van der Waals surface area contributed by atoms with Crippen LogP contribution in [0.5, 0.6) is 0 Å². The van der Waals surface area contributed by atoms with Gasteiger partial charge in [-0.05, 0) is 19.3 Å². The van der Waals surface area contributed by atoms with Crippen LogP contribution in [0.15, 0.2) is 0 Å². The highest BCUT2D eigenvalue weighted by molar-refractivity contribution is 6.00. The molecular weight excluding hydrogens is 178 g/mol. The summed E-state index contributed by atoms with van der Waals surface area (Å²) in [5.41, 5.74) is 0. The van der Waals surface area contributed by atoms with E-state index in [0.29, 0.717) is 13.0 Å². The minimum atomic E-state index is -0.000926. The Kier molecular flexibility index (Phi) is 2.28. The van der Waals surface area contributed by atoms with E-state index in [2.05, 4.69) is 5.92 Å². The van der Waals surface area contributed by atoms with Gasteiger partial charge in [-0.25, -0.2) is 0 Å². The Morgan fingerprint density at radius 1 is 1.29 bits per heavy atom. The summed E-state index contributed by atoms with van der Waals surface area (Å²) in [5.74, 6) is 2.64. The largest absolute Gasteiger partial charge is 0.281 e. The van der Waals surface area contributed by atoms with Crippen LogP contribution >= 0.6 is 0 Å². The summed E-state index contributed by atoms with van der Waals surface area (Å²) < 4.78 is 0. The zero-order chi connectivity index (χ0) is 10.1. The molecule has 1 heterocycles. The Balaban J connectivity index is 2.12. The summed E-state index contributed by atoms with van der Waals surface area (Å²) in [4.78, 5) is 24.8. The second-order valence-electron chi connectivity index (χ2n) is 3.99. The topological polar surface area (TPSA) is 37.4 Å². The third kappa shape index (κ3) is 1.31. The van der Waals surface area contributed by atoms with Crippen molar-refractivity contribution >= 4 is 11.8 Å². The quantitative estimate of drug-likeness (QED) is 0.478. The highest BCUT2D eigenvalue weighted by atomic mass is 16.2. The Bertz CT molecular complexity index is 294. The second-order valence-corrected chi connectivity index (χ2v) is 3.99. The van der Waals surface area contributed by atoms with E-state index >= 15 is 0 Å². The molecule has 0 aromatic rings. The van der Waals surface area contributed by atoms with E-state index in [4.69, 9.17) is 6.42 Å². The number of carbonyl (C=O) groups excluding carboxylic acids is 2. The van der Waals surface area contributed by atoms with Gasteiger partial charge in [-0.15, -0.1) is 12.3 Å². The van der Waals surface area contributed by atoms with Gasteiger partial charge in [0.25, 0.3) is 0 Å². The molecule has 2 aliphatic rings. The number of hydrogen-bond donors (Lipinski definition) is 0. The molecule has 74 valence electrons. The van der Waals surface area contributed by atoms with Gasteiger partial charge in [0, 0.05) is 24.8 Å². The molecule has 3 nitrogen and oxygen atoms in total. The van der Waals surface area contributed by atoms with Gasteiger partial charge < -0.3 is 0 Å². The summed E-state index contributed by atoms with van der Waals surface area (Å²) in [7, 11) is 0. The van der Waals surface area contributed by atoms with Crippen LogP contribution in [0.25, 0.3) is 0 Å². The lowest BCUT2D eigenvalue weighted by molar-refractivity contribution is -0.152. The molecule has 0 radical (unpaired) electrons. The Morgan fingerprint density at radius 2 is 1.86 bits per heavy atom. The number of hydrogen-bond acceptors (Lipinski definition) is 2. The minimum absolute atomic E-state index is 0.000926. The number of amides is 2. The van der Waals surface area contributed by atoms with E-state index in [1.807, 2.05) is 0 Å². The monoisotopic (exact) mass is 191 g/mol. The maximum Gasteiger partial charge on any atom is 0.232 e. The normalized spacial score (nSPS) is 30.6. The van der Waals surface area contributed by atoms with Crippen molar-refractivity contribution in [2.45, 2.75) is 25.7 Å². The molecule has 14 heavy (non-hydrogen) atoms. The summed E-state index contributed by atoms with van der Waals surface area (Å²) in [6, 6.07) is 0. The van der Waals surface area contributed by atoms with Crippen LogP contribution in [-0.2, 0) is 9.59 Å². The molecule has 2 amide bonds. The lowest BCUT2D eigenvalue weighted by atomic mass is 9.97. The van der Waals surface area contributed by atoms with Gasteiger partial charge in [-0.2, -0.15) is 0 Å². The highest BCUT2D eigenvalue weighted by Crippen LogP contribution is 2.37. The highest BCUT2D eigenvalue weighted by Gasteiger charge is 2.44. The second kappa shape index (κ2) is 3.45. The number of terminal acetylenes is 1. The Morgan fingerprint density at radius 3 is 2.36 bits per heavy atom. The van der Waals surface area contributed by atoms with E-state index in [0.717, 1.165) is 19.3 Å². The molecule has 3 heteroatoms. The van der Waals surface area contributed by atoms with Gasteiger partial charge in [0.05, 0.1) is 0 Å². The molecular formula is C11H13NO2. The molecule has 2 rings (SSSR count). The van der Waals surface area contributed by atoms with Crippen LogP contribution < -0.4 is 0 Å². The Hall–Kier alpha value is -1.30. The van der Waals surface area contributed by atoms with Crippen LogP contribution in [0.3, 0.4) is 0 Å². The third-order valence-electron chi connectivity index (χ3n) is 3.14. The molecule has 0 aromatic heterocycles. The SMILES string of the molecule is C#CCCN1C(=O)C2CCC(C2)C1=O.